The van der Waals surface area contributed by atoms with Crippen LogP contribution in [0.3, 0.4) is 0 Å². The first-order valence-corrected chi connectivity index (χ1v) is 7.79. The van der Waals surface area contributed by atoms with Crippen LogP contribution in [0, 0.1) is 0 Å². The van der Waals surface area contributed by atoms with Crippen molar-refractivity contribution < 1.29 is 14.2 Å². The van der Waals surface area contributed by atoms with Gasteiger partial charge in [0.05, 0.1) is 26.9 Å². The van der Waals surface area contributed by atoms with Gasteiger partial charge >= 0.3 is 0 Å². The molecule has 1 unspecified atom stereocenters. The molecule has 1 aromatic rings. The fourth-order valence-electron chi connectivity index (χ4n) is 2.13. The minimum absolute atomic E-state index is 0.141. The topological polar surface area (TPSA) is 39.7 Å². The van der Waals surface area contributed by atoms with E-state index in [-0.39, 0.29) is 6.04 Å². The smallest absolute Gasteiger partial charge is 0.127 e. The second-order valence-corrected chi connectivity index (χ2v) is 5.04. The van der Waals surface area contributed by atoms with E-state index in [2.05, 4.69) is 19.2 Å². The molecule has 0 aliphatic rings. The predicted molar refractivity (Wildman–Crippen MR) is 86.3 cm³/mol. The molecule has 4 heteroatoms. The molecule has 1 aromatic carbocycles. The molecule has 1 rings (SSSR count). The van der Waals surface area contributed by atoms with Gasteiger partial charge in [-0.3, -0.25) is 0 Å². The summed E-state index contributed by atoms with van der Waals surface area (Å²) in [5.74, 6) is 1.64. The van der Waals surface area contributed by atoms with Gasteiger partial charge in [0.25, 0.3) is 0 Å². The average Bonchev–Trinajstić information content (AvgIpc) is 2.53. The van der Waals surface area contributed by atoms with Gasteiger partial charge in [-0.2, -0.15) is 0 Å². The third-order valence-corrected chi connectivity index (χ3v) is 3.38. The Morgan fingerprint density at radius 2 is 1.90 bits per heavy atom. The molecule has 0 spiro atoms. The molecule has 120 valence electrons. The van der Waals surface area contributed by atoms with Crippen LogP contribution < -0.4 is 14.8 Å². The Balaban J connectivity index is 2.80. The lowest BCUT2D eigenvalue weighted by Gasteiger charge is -2.21. The quantitative estimate of drug-likeness (QED) is 0.634. The Morgan fingerprint density at radius 1 is 1.10 bits per heavy atom. The second-order valence-electron chi connectivity index (χ2n) is 5.04. The highest BCUT2D eigenvalue weighted by Crippen LogP contribution is 2.29. The summed E-state index contributed by atoms with van der Waals surface area (Å²) in [6, 6.07) is 6.07. The van der Waals surface area contributed by atoms with Gasteiger partial charge in [0.1, 0.15) is 11.5 Å². The number of hydrogen-bond donors (Lipinski definition) is 1. The number of ether oxygens (including phenoxy) is 3. The predicted octanol–water partition coefficient (Wildman–Crippen LogP) is 3.56. The van der Waals surface area contributed by atoms with Crippen molar-refractivity contribution in [1.29, 1.82) is 0 Å². The van der Waals surface area contributed by atoms with Crippen LogP contribution in [0.5, 0.6) is 11.5 Å². The van der Waals surface area contributed by atoms with Crippen molar-refractivity contribution >= 4 is 0 Å². The first-order chi connectivity index (χ1) is 10.3. The van der Waals surface area contributed by atoms with E-state index in [1.54, 1.807) is 14.2 Å². The van der Waals surface area contributed by atoms with E-state index in [0.29, 0.717) is 6.61 Å². The highest BCUT2D eigenvalue weighted by molar-refractivity contribution is 5.42. The lowest BCUT2D eigenvalue weighted by atomic mass is 10.1. The Labute approximate surface area is 128 Å². The van der Waals surface area contributed by atoms with Crippen LogP contribution in [-0.4, -0.2) is 34.0 Å². The highest BCUT2D eigenvalue weighted by Gasteiger charge is 2.16. The van der Waals surface area contributed by atoms with Crippen molar-refractivity contribution in [2.75, 3.05) is 34.0 Å². The molecule has 0 saturated carbocycles. The lowest BCUT2D eigenvalue weighted by Crippen LogP contribution is -2.27. The van der Waals surface area contributed by atoms with Gasteiger partial charge in [0, 0.05) is 18.2 Å². The van der Waals surface area contributed by atoms with E-state index in [1.165, 1.54) is 0 Å². The fraction of sp³-hybridized carbons (Fsp3) is 0.647. The van der Waals surface area contributed by atoms with Crippen molar-refractivity contribution in [3.63, 3.8) is 0 Å². The maximum Gasteiger partial charge on any atom is 0.127 e. The molecule has 21 heavy (non-hydrogen) atoms. The Hall–Kier alpha value is -1.26. The minimum Gasteiger partial charge on any atom is -0.497 e. The third-order valence-electron chi connectivity index (χ3n) is 3.38. The fourth-order valence-corrected chi connectivity index (χ4v) is 2.13. The first kappa shape index (κ1) is 17.8. The maximum atomic E-state index is 5.79. The van der Waals surface area contributed by atoms with Crippen LogP contribution in [0.2, 0.25) is 0 Å². The highest BCUT2D eigenvalue weighted by atomic mass is 16.5. The second kappa shape index (κ2) is 10.5. The Bertz CT molecular complexity index is 396. The number of benzene rings is 1. The summed E-state index contributed by atoms with van der Waals surface area (Å²) < 4.78 is 16.5. The number of nitrogens with one attached hydrogen (secondary N) is 1. The monoisotopic (exact) mass is 295 g/mol. The zero-order valence-electron chi connectivity index (χ0n) is 13.8. The summed E-state index contributed by atoms with van der Waals surface area (Å²) in [4.78, 5) is 0. The molecule has 0 bridgehead atoms. The number of rotatable bonds is 11. The van der Waals surface area contributed by atoms with Gasteiger partial charge in [-0.05, 0) is 31.5 Å². The van der Waals surface area contributed by atoms with Crippen molar-refractivity contribution in [3.8, 4) is 11.5 Å². The van der Waals surface area contributed by atoms with E-state index in [9.17, 15) is 0 Å². The molecule has 0 fully saturated rings. The summed E-state index contributed by atoms with van der Waals surface area (Å²) >= 11 is 0. The van der Waals surface area contributed by atoms with Crippen molar-refractivity contribution in [3.05, 3.63) is 23.8 Å². The summed E-state index contributed by atoms with van der Waals surface area (Å²) in [6.45, 7) is 6.74. The molecule has 0 radical (unpaired) electrons. The van der Waals surface area contributed by atoms with Crippen LogP contribution in [0.25, 0.3) is 0 Å². The third kappa shape index (κ3) is 5.94. The largest absolute Gasteiger partial charge is 0.497 e. The van der Waals surface area contributed by atoms with Gasteiger partial charge in [-0.25, -0.2) is 0 Å². The normalized spacial score (nSPS) is 12.2. The number of unbranched alkanes of at least 4 members (excludes halogenated alkanes) is 1. The molecule has 0 heterocycles. The number of methoxy groups -OCH3 is 2. The summed E-state index contributed by atoms with van der Waals surface area (Å²) in [5, 5.41) is 3.53. The molecule has 0 aromatic heterocycles. The Kier molecular flexibility index (Phi) is 8.87. The molecule has 1 atom stereocenters. The number of hydrogen-bond acceptors (Lipinski definition) is 4. The van der Waals surface area contributed by atoms with E-state index in [0.717, 1.165) is 49.5 Å². The van der Waals surface area contributed by atoms with E-state index < -0.39 is 0 Å². The lowest BCUT2D eigenvalue weighted by molar-refractivity contribution is 0.108. The minimum atomic E-state index is 0.141. The maximum absolute atomic E-state index is 5.79. The van der Waals surface area contributed by atoms with Gasteiger partial charge in [0.15, 0.2) is 0 Å². The summed E-state index contributed by atoms with van der Waals surface area (Å²) in [6.07, 6.45) is 3.34. The molecule has 1 N–H and O–H groups in total. The van der Waals surface area contributed by atoms with Crippen molar-refractivity contribution in [2.24, 2.45) is 0 Å². The van der Waals surface area contributed by atoms with Crippen LogP contribution in [0.1, 0.15) is 44.7 Å². The van der Waals surface area contributed by atoms with Gasteiger partial charge in [-0.15, -0.1) is 0 Å². The van der Waals surface area contributed by atoms with Crippen molar-refractivity contribution in [1.82, 2.24) is 5.32 Å². The summed E-state index contributed by atoms with van der Waals surface area (Å²) in [5.41, 5.74) is 1.11. The standard InChI is InChI=1S/C17H29NO3/c1-5-7-11-21-13-16(18-10-6-2)15-9-8-14(19-3)12-17(15)20-4/h8-9,12,16,18H,5-7,10-11,13H2,1-4H3. The van der Waals surface area contributed by atoms with E-state index >= 15 is 0 Å². The molecular weight excluding hydrogens is 266 g/mol. The SMILES string of the molecule is CCCCOCC(NCCC)c1ccc(OC)cc1OC. The van der Waals surface area contributed by atoms with Gasteiger partial charge < -0.3 is 19.5 Å². The van der Waals surface area contributed by atoms with Gasteiger partial charge in [-0.1, -0.05) is 20.3 Å². The molecule has 0 aliphatic carbocycles. The first-order valence-electron chi connectivity index (χ1n) is 7.79. The molecule has 0 saturated heterocycles. The molecule has 0 aliphatic heterocycles. The Morgan fingerprint density at radius 3 is 2.52 bits per heavy atom. The van der Waals surface area contributed by atoms with Crippen LogP contribution in [-0.2, 0) is 4.74 Å². The molecule has 0 amide bonds. The molecular formula is C17H29NO3. The van der Waals surface area contributed by atoms with Crippen molar-refractivity contribution in [2.45, 2.75) is 39.2 Å². The van der Waals surface area contributed by atoms with Gasteiger partial charge in [0.2, 0.25) is 0 Å². The van der Waals surface area contributed by atoms with Crippen LogP contribution in [0.4, 0.5) is 0 Å². The van der Waals surface area contributed by atoms with Crippen LogP contribution >= 0.6 is 0 Å². The van der Waals surface area contributed by atoms with Crippen LogP contribution in [0.15, 0.2) is 18.2 Å². The zero-order valence-corrected chi connectivity index (χ0v) is 13.8. The van der Waals surface area contributed by atoms with E-state index in [4.69, 9.17) is 14.2 Å². The molecule has 4 nitrogen and oxygen atoms in total. The van der Waals surface area contributed by atoms with E-state index in [1.807, 2.05) is 18.2 Å². The zero-order chi connectivity index (χ0) is 15.5. The average molecular weight is 295 g/mol. The summed E-state index contributed by atoms with van der Waals surface area (Å²) in [7, 11) is 3.35.